The number of carbonyl (C=O) groups excluding carboxylic acids is 1. The Hall–Kier alpha value is -0.910. The third-order valence-electron chi connectivity index (χ3n) is 0.826. The van der Waals surface area contributed by atoms with Gasteiger partial charge in [-0.3, -0.25) is 4.79 Å². The molecule has 0 spiro atoms. The van der Waals surface area contributed by atoms with Crippen LogP contribution in [0.3, 0.4) is 0 Å². The highest BCUT2D eigenvalue weighted by Gasteiger charge is 1.93. The van der Waals surface area contributed by atoms with Crippen molar-refractivity contribution in [2.75, 3.05) is 19.8 Å². The summed E-state index contributed by atoms with van der Waals surface area (Å²) in [6.45, 7) is 4.31. The first-order valence-electron chi connectivity index (χ1n) is 3.72. The predicted octanol–water partition coefficient (Wildman–Crippen LogP) is -0.933. The first-order valence-corrected chi connectivity index (χ1v) is 3.72. The number of ether oxygens (including phenoxy) is 1. The highest BCUT2D eigenvalue weighted by Crippen LogP contribution is 1.73. The summed E-state index contributed by atoms with van der Waals surface area (Å²) in [4.78, 5) is 9.93. The van der Waals surface area contributed by atoms with Crippen molar-refractivity contribution in [2.24, 2.45) is 0 Å². The van der Waals surface area contributed by atoms with E-state index in [0.29, 0.717) is 6.61 Å². The van der Waals surface area contributed by atoms with Crippen molar-refractivity contribution in [2.45, 2.75) is 13.0 Å². The molecule has 0 amide bonds. The summed E-state index contributed by atoms with van der Waals surface area (Å²) in [5.74, 6) is -0.264. The van der Waals surface area contributed by atoms with E-state index >= 15 is 0 Å². The fourth-order valence-corrected chi connectivity index (χ4v) is 0.234. The average molecular weight is 192 g/mol. The highest BCUT2D eigenvalue weighted by atomic mass is 16.5. The summed E-state index contributed by atoms with van der Waals surface area (Å²) in [5.41, 5.74) is 0. The summed E-state index contributed by atoms with van der Waals surface area (Å²) < 4.78 is 4.43. The largest absolute Gasteiger partial charge is 0.462 e. The van der Waals surface area contributed by atoms with E-state index in [-0.39, 0.29) is 19.2 Å². The Morgan fingerprint density at radius 2 is 2.00 bits per heavy atom. The molecule has 0 radical (unpaired) electrons. The van der Waals surface area contributed by atoms with Gasteiger partial charge in [0.25, 0.3) is 0 Å². The number of rotatable bonds is 4. The fraction of sp³-hybridized carbons (Fsp3) is 0.625. The Kier molecular flexibility index (Phi) is 12.5. The van der Waals surface area contributed by atoms with Gasteiger partial charge >= 0.3 is 5.97 Å². The van der Waals surface area contributed by atoms with E-state index in [2.05, 4.69) is 11.3 Å². The number of hydrogen-bond acceptors (Lipinski definition) is 5. The van der Waals surface area contributed by atoms with Crippen molar-refractivity contribution in [3.63, 3.8) is 0 Å². The third kappa shape index (κ3) is 18.2. The van der Waals surface area contributed by atoms with Gasteiger partial charge in [-0.05, 0) is 0 Å². The third-order valence-corrected chi connectivity index (χ3v) is 0.826. The Balaban J connectivity index is 0. The van der Waals surface area contributed by atoms with Crippen LogP contribution in [-0.4, -0.2) is 47.2 Å². The van der Waals surface area contributed by atoms with Crippen molar-refractivity contribution in [3.8, 4) is 0 Å². The van der Waals surface area contributed by atoms with Gasteiger partial charge in [-0.2, -0.15) is 0 Å². The second-order valence-electron chi connectivity index (χ2n) is 2.11. The molecule has 0 unspecified atom stereocenters. The molecule has 0 aliphatic rings. The minimum absolute atomic E-state index is 0.264. The van der Waals surface area contributed by atoms with Crippen molar-refractivity contribution in [1.29, 1.82) is 0 Å². The van der Waals surface area contributed by atoms with Gasteiger partial charge in [-0.1, -0.05) is 12.7 Å². The zero-order valence-corrected chi connectivity index (χ0v) is 7.64. The van der Waals surface area contributed by atoms with Gasteiger partial charge in [0.1, 0.15) is 12.7 Å². The molecule has 5 nitrogen and oxygen atoms in total. The topological polar surface area (TPSA) is 87.0 Å². The molecular formula is C8H16O5. The first kappa shape index (κ1) is 14.6. The van der Waals surface area contributed by atoms with E-state index in [1.54, 1.807) is 0 Å². The predicted molar refractivity (Wildman–Crippen MR) is 47.0 cm³/mol. The van der Waals surface area contributed by atoms with Crippen molar-refractivity contribution in [3.05, 3.63) is 12.7 Å². The van der Waals surface area contributed by atoms with Crippen LogP contribution in [0.5, 0.6) is 0 Å². The molecule has 0 aliphatic heterocycles. The second kappa shape index (κ2) is 11.1. The lowest BCUT2D eigenvalue weighted by atomic mass is 10.4. The van der Waals surface area contributed by atoms with Crippen molar-refractivity contribution >= 4 is 5.97 Å². The molecule has 0 saturated heterocycles. The SMILES string of the molecule is C=CCOC(C)=O.OCC(O)CO. The summed E-state index contributed by atoms with van der Waals surface area (Å²) in [5, 5.41) is 24.0. The fourth-order valence-electron chi connectivity index (χ4n) is 0.234. The number of aliphatic hydroxyl groups is 3. The van der Waals surface area contributed by atoms with Crippen LogP contribution in [-0.2, 0) is 9.53 Å². The lowest BCUT2D eigenvalue weighted by Gasteiger charge is -1.96. The summed E-state index contributed by atoms with van der Waals surface area (Å²) in [6, 6.07) is 0. The van der Waals surface area contributed by atoms with Gasteiger partial charge in [0.15, 0.2) is 0 Å². The number of hydrogen-bond donors (Lipinski definition) is 3. The molecule has 0 aromatic rings. The van der Waals surface area contributed by atoms with Crippen LogP contribution in [0, 0.1) is 0 Å². The maximum absolute atomic E-state index is 9.93. The maximum atomic E-state index is 9.93. The number of aliphatic hydroxyl groups excluding tert-OH is 3. The molecule has 0 rings (SSSR count). The zero-order chi connectivity index (χ0) is 10.7. The second-order valence-corrected chi connectivity index (χ2v) is 2.11. The maximum Gasteiger partial charge on any atom is 0.302 e. The van der Waals surface area contributed by atoms with E-state index in [1.807, 2.05) is 0 Å². The summed E-state index contributed by atoms with van der Waals surface area (Å²) >= 11 is 0. The lowest BCUT2D eigenvalue weighted by Crippen LogP contribution is -2.15. The van der Waals surface area contributed by atoms with Crippen LogP contribution in [0.15, 0.2) is 12.7 Å². The smallest absolute Gasteiger partial charge is 0.302 e. The van der Waals surface area contributed by atoms with Gasteiger partial charge < -0.3 is 20.1 Å². The summed E-state index contributed by atoms with van der Waals surface area (Å²) in [7, 11) is 0. The van der Waals surface area contributed by atoms with E-state index in [0.717, 1.165) is 0 Å². The number of esters is 1. The molecule has 5 heteroatoms. The molecule has 0 aromatic carbocycles. The molecular weight excluding hydrogens is 176 g/mol. The van der Waals surface area contributed by atoms with Gasteiger partial charge in [0, 0.05) is 6.92 Å². The Bertz CT molecular complexity index is 130. The van der Waals surface area contributed by atoms with Gasteiger partial charge in [-0.15, -0.1) is 0 Å². The van der Waals surface area contributed by atoms with Crippen LogP contribution in [0.2, 0.25) is 0 Å². The summed E-state index contributed by atoms with van der Waals surface area (Å²) in [6.07, 6.45) is 0.575. The van der Waals surface area contributed by atoms with Gasteiger partial charge in [0.05, 0.1) is 13.2 Å². The van der Waals surface area contributed by atoms with E-state index in [4.69, 9.17) is 15.3 Å². The molecule has 3 N–H and O–H groups in total. The Labute approximate surface area is 77.3 Å². The van der Waals surface area contributed by atoms with Crippen LogP contribution in [0.4, 0.5) is 0 Å². The molecule has 13 heavy (non-hydrogen) atoms. The highest BCUT2D eigenvalue weighted by molar-refractivity contribution is 5.65. The Morgan fingerprint density at radius 1 is 1.54 bits per heavy atom. The molecule has 0 fully saturated rings. The van der Waals surface area contributed by atoms with Crippen LogP contribution in [0.25, 0.3) is 0 Å². The van der Waals surface area contributed by atoms with Crippen LogP contribution in [0.1, 0.15) is 6.92 Å². The Morgan fingerprint density at radius 3 is 2.08 bits per heavy atom. The quantitative estimate of drug-likeness (QED) is 0.395. The van der Waals surface area contributed by atoms with Crippen molar-refractivity contribution in [1.82, 2.24) is 0 Å². The van der Waals surface area contributed by atoms with Crippen molar-refractivity contribution < 1.29 is 24.9 Å². The standard InChI is InChI=1S/C5H8O2.C3H8O3/c1-3-4-7-5(2)6;4-1-3(6)2-5/h3H,1,4H2,2H3;3-6H,1-2H2. The molecule has 0 bridgehead atoms. The first-order chi connectivity index (χ1) is 6.08. The van der Waals surface area contributed by atoms with Gasteiger partial charge in [0.2, 0.25) is 0 Å². The minimum Gasteiger partial charge on any atom is -0.462 e. The zero-order valence-electron chi connectivity index (χ0n) is 7.64. The van der Waals surface area contributed by atoms with E-state index in [1.165, 1.54) is 13.0 Å². The van der Waals surface area contributed by atoms with E-state index < -0.39 is 6.10 Å². The molecule has 0 aromatic heterocycles. The minimum atomic E-state index is -0.954. The molecule has 78 valence electrons. The molecule has 0 aliphatic carbocycles. The molecule has 0 saturated carbocycles. The normalized spacial score (nSPS) is 8.69. The monoisotopic (exact) mass is 192 g/mol. The van der Waals surface area contributed by atoms with E-state index in [9.17, 15) is 4.79 Å². The van der Waals surface area contributed by atoms with Gasteiger partial charge in [-0.25, -0.2) is 0 Å². The van der Waals surface area contributed by atoms with Crippen LogP contribution >= 0.6 is 0 Å². The number of carbonyl (C=O) groups is 1. The lowest BCUT2D eigenvalue weighted by molar-refractivity contribution is -0.139. The average Bonchev–Trinajstić information content (AvgIpc) is 2.14. The van der Waals surface area contributed by atoms with Crippen LogP contribution < -0.4 is 0 Å². The molecule has 0 heterocycles. The molecule has 0 atom stereocenters.